The number of benzene rings is 3. The molecule has 0 radical (unpaired) electrons. The number of rotatable bonds is 5. The minimum atomic E-state index is -0.410. The average Bonchev–Trinajstić information content (AvgIpc) is 3.35. The van der Waals surface area contributed by atoms with Crippen LogP contribution in [0.15, 0.2) is 77.3 Å². The maximum absolute atomic E-state index is 13.5. The molecule has 0 aliphatic carbocycles. The highest BCUT2D eigenvalue weighted by Crippen LogP contribution is 2.46. The Balaban J connectivity index is 1.68. The number of nitrogens with one attached hydrogen (secondary N) is 1. The summed E-state index contributed by atoms with van der Waals surface area (Å²) in [5.41, 5.74) is 4.54. The van der Waals surface area contributed by atoms with E-state index in [2.05, 4.69) is 26.1 Å². The van der Waals surface area contributed by atoms with Crippen LogP contribution < -0.4 is 9.64 Å². The van der Waals surface area contributed by atoms with Gasteiger partial charge >= 0.3 is 0 Å². The van der Waals surface area contributed by atoms with Gasteiger partial charge in [0.1, 0.15) is 11.4 Å². The van der Waals surface area contributed by atoms with Gasteiger partial charge in [-0.3, -0.25) is 14.8 Å². The van der Waals surface area contributed by atoms with Crippen LogP contribution in [0.1, 0.15) is 34.6 Å². The lowest BCUT2D eigenvalue weighted by Gasteiger charge is -2.27. The molecule has 1 unspecified atom stereocenters. The summed E-state index contributed by atoms with van der Waals surface area (Å²) < 4.78 is 6.51. The standard InChI is InChI=1S/C25H19BrClN3O2/c1-2-32-18-13-7-15(8-14-18)22-21-23(29-28-22)25(31)30(17-11-9-16(26)10-12-17)24(21)19-5-3-4-6-20(19)27/h3-14,24H,2H2,1H3,(H,28,29). The van der Waals surface area contributed by atoms with Crippen LogP contribution in [0.5, 0.6) is 5.75 Å². The number of H-pyrrole nitrogens is 1. The number of aromatic amines is 1. The zero-order chi connectivity index (χ0) is 22.2. The van der Waals surface area contributed by atoms with E-state index in [-0.39, 0.29) is 5.91 Å². The molecule has 1 N–H and O–H groups in total. The van der Waals surface area contributed by atoms with E-state index in [1.807, 2.05) is 79.7 Å². The van der Waals surface area contributed by atoms with E-state index < -0.39 is 6.04 Å². The molecule has 1 aromatic heterocycles. The summed E-state index contributed by atoms with van der Waals surface area (Å²) in [6.07, 6.45) is 0. The second-order valence-electron chi connectivity index (χ2n) is 7.39. The van der Waals surface area contributed by atoms with Crippen molar-refractivity contribution >= 4 is 39.1 Å². The third-order valence-electron chi connectivity index (χ3n) is 5.51. The topological polar surface area (TPSA) is 58.2 Å². The van der Waals surface area contributed by atoms with Crippen LogP contribution in [0.25, 0.3) is 11.3 Å². The monoisotopic (exact) mass is 507 g/mol. The van der Waals surface area contributed by atoms with Crippen molar-refractivity contribution in [1.29, 1.82) is 0 Å². The summed E-state index contributed by atoms with van der Waals surface area (Å²) >= 11 is 10.1. The highest BCUT2D eigenvalue weighted by molar-refractivity contribution is 9.10. The molecule has 3 aromatic carbocycles. The Bertz CT molecular complexity index is 1290. The fourth-order valence-corrected chi connectivity index (χ4v) is 4.61. The Labute approximate surface area is 199 Å². The van der Waals surface area contributed by atoms with Crippen LogP contribution in [-0.4, -0.2) is 22.7 Å². The third-order valence-corrected chi connectivity index (χ3v) is 6.38. The van der Waals surface area contributed by atoms with Crippen molar-refractivity contribution in [2.75, 3.05) is 11.5 Å². The molecule has 1 aliphatic heterocycles. The molecule has 0 fully saturated rings. The molecule has 5 rings (SSSR count). The minimum Gasteiger partial charge on any atom is -0.494 e. The Morgan fingerprint density at radius 1 is 1.06 bits per heavy atom. The highest BCUT2D eigenvalue weighted by Gasteiger charge is 2.43. The molecule has 0 saturated carbocycles. The molecule has 32 heavy (non-hydrogen) atoms. The van der Waals surface area contributed by atoms with Gasteiger partial charge in [-0.15, -0.1) is 0 Å². The molecular weight excluding hydrogens is 490 g/mol. The van der Waals surface area contributed by atoms with Gasteiger partial charge in [-0.05, 0) is 67.1 Å². The molecule has 5 nitrogen and oxygen atoms in total. The van der Waals surface area contributed by atoms with Crippen LogP contribution in [0, 0.1) is 0 Å². The number of carbonyl (C=O) groups is 1. The van der Waals surface area contributed by atoms with E-state index in [4.69, 9.17) is 16.3 Å². The van der Waals surface area contributed by atoms with Crippen molar-refractivity contribution in [1.82, 2.24) is 10.2 Å². The number of hydrogen-bond acceptors (Lipinski definition) is 3. The quantitative estimate of drug-likeness (QED) is 0.329. The van der Waals surface area contributed by atoms with E-state index in [0.717, 1.165) is 38.3 Å². The van der Waals surface area contributed by atoms with Gasteiger partial charge in [0, 0.05) is 26.3 Å². The van der Waals surface area contributed by atoms with Crippen molar-refractivity contribution in [2.24, 2.45) is 0 Å². The predicted molar refractivity (Wildman–Crippen MR) is 129 cm³/mol. The van der Waals surface area contributed by atoms with Crippen molar-refractivity contribution in [3.05, 3.63) is 99.1 Å². The van der Waals surface area contributed by atoms with Crippen molar-refractivity contribution in [3.8, 4) is 17.0 Å². The van der Waals surface area contributed by atoms with Crippen LogP contribution in [-0.2, 0) is 0 Å². The number of carbonyl (C=O) groups excluding carboxylic acids is 1. The lowest BCUT2D eigenvalue weighted by molar-refractivity contribution is 0.0989. The third kappa shape index (κ3) is 3.49. The van der Waals surface area contributed by atoms with E-state index in [0.29, 0.717) is 17.3 Å². The first kappa shape index (κ1) is 20.8. The molecular formula is C25H19BrClN3O2. The zero-order valence-corrected chi connectivity index (χ0v) is 19.5. The highest BCUT2D eigenvalue weighted by atomic mass is 79.9. The Morgan fingerprint density at radius 3 is 2.47 bits per heavy atom. The van der Waals surface area contributed by atoms with Gasteiger partial charge in [0.05, 0.1) is 18.3 Å². The van der Waals surface area contributed by atoms with Gasteiger partial charge in [-0.25, -0.2) is 0 Å². The Morgan fingerprint density at radius 2 is 1.78 bits per heavy atom. The maximum atomic E-state index is 13.5. The molecule has 160 valence electrons. The van der Waals surface area contributed by atoms with Crippen molar-refractivity contribution < 1.29 is 9.53 Å². The first-order valence-electron chi connectivity index (χ1n) is 10.2. The summed E-state index contributed by atoms with van der Waals surface area (Å²) in [5.74, 6) is 0.649. The average molecular weight is 509 g/mol. The van der Waals surface area contributed by atoms with Crippen LogP contribution in [0.4, 0.5) is 5.69 Å². The van der Waals surface area contributed by atoms with Crippen LogP contribution in [0.2, 0.25) is 5.02 Å². The normalized spacial score (nSPS) is 15.2. The van der Waals surface area contributed by atoms with Crippen molar-refractivity contribution in [3.63, 3.8) is 0 Å². The van der Waals surface area contributed by atoms with Crippen LogP contribution >= 0.6 is 27.5 Å². The summed E-state index contributed by atoms with van der Waals surface area (Å²) in [4.78, 5) is 15.3. The number of aromatic nitrogens is 2. The van der Waals surface area contributed by atoms with E-state index in [1.54, 1.807) is 4.90 Å². The maximum Gasteiger partial charge on any atom is 0.277 e. The molecule has 1 amide bonds. The Hall–Kier alpha value is -3.09. The number of nitrogens with zero attached hydrogens (tertiary/aromatic N) is 2. The number of amides is 1. The minimum absolute atomic E-state index is 0.142. The van der Waals surface area contributed by atoms with Gasteiger partial charge < -0.3 is 4.74 Å². The fraction of sp³-hybridized carbons (Fsp3) is 0.120. The predicted octanol–water partition coefficient (Wildman–Crippen LogP) is 6.64. The van der Waals surface area contributed by atoms with E-state index in [9.17, 15) is 4.79 Å². The first-order chi connectivity index (χ1) is 15.6. The number of hydrogen-bond donors (Lipinski definition) is 1. The smallest absolute Gasteiger partial charge is 0.277 e. The van der Waals surface area contributed by atoms with Crippen molar-refractivity contribution in [2.45, 2.75) is 13.0 Å². The summed E-state index contributed by atoms with van der Waals surface area (Å²) in [6, 6.07) is 22.6. The lowest BCUT2D eigenvalue weighted by Crippen LogP contribution is -2.29. The van der Waals surface area contributed by atoms with Gasteiger partial charge in [0.15, 0.2) is 0 Å². The molecule has 0 spiro atoms. The summed E-state index contributed by atoms with van der Waals surface area (Å²) in [7, 11) is 0. The lowest BCUT2D eigenvalue weighted by atomic mass is 9.95. The second-order valence-corrected chi connectivity index (χ2v) is 8.72. The Kier molecular flexibility index (Phi) is 5.49. The second kappa shape index (κ2) is 8.45. The largest absolute Gasteiger partial charge is 0.494 e. The molecule has 7 heteroatoms. The fourth-order valence-electron chi connectivity index (χ4n) is 4.10. The van der Waals surface area contributed by atoms with Gasteiger partial charge in [-0.2, -0.15) is 5.10 Å². The summed E-state index contributed by atoms with van der Waals surface area (Å²) in [6.45, 7) is 2.55. The van der Waals surface area contributed by atoms with E-state index >= 15 is 0 Å². The molecule has 4 aromatic rings. The number of anilines is 1. The summed E-state index contributed by atoms with van der Waals surface area (Å²) in [5, 5.41) is 8.09. The molecule has 0 saturated heterocycles. The first-order valence-corrected chi connectivity index (χ1v) is 11.4. The number of ether oxygens (including phenoxy) is 1. The van der Waals surface area contributed by atoms with Crippen LogP contribution in [0.3, 0.4) is 0 Å². The van der Waals surface area contributed by atoms with E-state index in [1.165, 1.54) is 0 Å². The molecule has 2 heterocycles. The SMILES string of the molecule is CCOc1ccc(-c2n[nH]c3c2C(c2ccccc2Cl)N(c2ccc(Br)cc2)C3=O)cc1. The number of halogens is 2. The number of fused-ring (bicyclic) bond motifs is 1. The van der Waals surface area contributed by atoms with Gasteiger partial charge in [-0.1, -0.05) is 45.7 Å². The van der Waals surface area contributed by atoms with Gasteiger partial charge in [0.25, 0.3) is 5.91 Å². The molecule has 0 bridgehead atoms. The zero-order valence-electron chi connectivity index (χ0n) is 17.2. The molecule has 1 aliphatic rings. The molecule has 1 atom stereocenters. The van der Waals surface area contributed by atoms with Gasteiger partial charge in [0.2, 0.25) is 0 Å².